The van der Waals surface area contributed by atoms with Gasteiger partial charge in [-0.05, 0) is 19.4 Å². The minimum absolute atomic E-state index is 0.458. The molecule has 1 heteroatoms. The van der Waals surface area contributed by atoms with E-state index in [0.29, 0.717) is 5.57 Å². The summed E-state index contributed by atoms with van der Waals surface area (Å²) in [4.78, 5) is 0. The molecule has 0 aromatic rings. The van der Waals surface area contributed by atoms with Crippen LogP contribution in [0.25, 0.3) is 0 Å². The maximum absolute atomic E-state index is 8.09. The Hall–Kier alpha value is -1.29. The van der Waals surface area contributed by atoms with E-state index in [1.165, 1.54) is 0 Å². The molecule has 0 spiro atoms. The highest BCUT2D eigenvalue weighted by Gasteiger charge is 1.85. The lowest BCUT2D eigenvalue weighted by Gasteiger charge is -1.84. The molecule has 0 aromatic carbocycles. The van der Waals surface area contributed by atoms with Crippen molar-refractivity contribution in [2.24, 2.45) is 0 Å². The smallest absolute Gasteiger partial charge is 0.0987 e. The minimum Gasteiger partial charge on any atom is -0.192 e. The van der Waals surface area contributed by atoms with Gasteiger partial charge in [0, 0.05) is 5.57 Å². The summed E-state index contributed by atoms with van der Waals surface area (Å²) in [6, 6.07) is 1.87. The van der Waals surface area contributed by atoms with Gasteiger partial charge in [-0.3, -0.25) is 0 Å². The first kappa shape index (κ1) is 11.5. The molecular formula is C9H13N. The van der Waals surface area contributed by atoms with Crippen LogP contribution in [-0.4, -0.2) is 0 Å². The van der Waals surface area contributed by atoms with Gasteiger partial charge < -0.3 is 0 Å². The molecule has 0 bridgehead atoms. The Kier molecular flexibility index (Phi) is 8.87. The summed E-state index contributed by atoms with van der Waals surface area (Å²) in [5.74, 6) is 0. The number of nitrogens with zero attached hydrogens (tertiary/aromatic N) is 1. The molecule has 0 saturated carbocycles. The number of nitriles is 1. The molecular weight excluding hydrogens is 122 g/mol. The summed E-state index contributed by atoms with van der Waals surface area (Å²) in [6.45, 7) is 13.9. The van der Waals surface area contributed by atoms with Crippen LogP contribution in [0.5, 0.6) is 0 Å². The van der Waals surface area contributed by atoms with Gasteiger partial charge in [-0.15, -0.1) is 6.58 Å². The van der Waals surface area contributed by atoms with E-state index < -0.39 is 0 Å². The second-order valence-corrected chi connectivity index (χ2v) is 1.78. The van der Waals surface area contributed by atoms with Crippen LogP contribution in [0.2, 0.25) is 0 Å². The maximum Gasteiger partial charge on any atom is 0.0987 e. The van der Waals surface area contributed by atoms with Crippen molar-refractivity contribution in [1.29, 1.82) is 5.26 Å². The molecule has 0 rings (SSSR count). The zero-order chi connectivity index (χ0) is 8.57. The third-order valence-corrected chi connectivity index (χ3v) is 0.650. The molecule has 0 aliphatic carbocycles. The third kappa shape index (κ3) is 9.86. The topological polar surface area (TPSA) is 23.8 Å². The van der Waals surface area contributed by atoms with Gasteiger partial charge in [0.15, 0.2) is 0 Å². The van der Waals surface area contributed by atoms with Gasteiger partial charge in [-0.1, -0.05) is 19.2 Å². The van der Waals surface area contributed by atoms with E-state index in [9.17, 15) is 0 Å². The highest BCUT2D eigenvalue weighted by Crippen LogP contribution is 1.98. The van der Waals surface area contributed by atoms with Crippen molar-refractivity contribution >= 4 is 0 Å². The van der Waals surface area contributed by atoms with Gasteiger partial charge in [0.2, 0.25) is 0 Å². The number of rotatable bonds is 1. The van der Waals surface area contributed by atoms with Gasteiger partial charge in [-0.25, -0.2) is 0 Å². The van der Waals surface area contributed by atoms with Crippen LogP contribution in [0.4, 0.5) is 0 Å². The van der Waals surface area contributed by atoms with Gasteiger partial charge >= 0.3 is 0 Å². The van der Waals surface area contributed by atoms with Crippen molar-refractivity contribution in [3.8, 4) is 6.07 Å². The summed E-state index contributed by atoms with van der Waals surface area (Å²) in [7, 11) is 0. The summed E-state index contributed by atoms with van der Waals surface area (Å²) in [5, 5.41) is 8.09. The second-order valence-electron chi connectivity index (χ2n) is 1.78. The van der Waals surface area contributed by atoms with Crippen molar-refractivity contribution in [2.45, 2.75) is 13.8 Å². The van der Waals surface area contributed by atoms with E-state index in [1.54, 1.807) is 13.0 Å². The number of hydrogen-bond acceptors (Lipinski definition) is 1. The van der Waals surface area contributed by atoms with Gasteiger partial charge in [0.05, 0.1) is 6.07 Å². The van der Waals surface area contributed by atoms with Crippen molar-refractivity contribution < 1.29 is 0 Å². The first-order valence-corrected chi connectivity index (χ1v) is 2.92. The number of hydrogen-bond donors (Lipinski definition) is 0. The quantitative estimate of drug-likeness (QED) is 0.308. The third-order valence-electron chi connectivity index (χ3n) is 0.650. The zero-order valence-corrected chi connectivity index (χ0v) is 6.65. The molecule has 1 nitrogen and oxygen atoms in total. The van der Waals surface area contributed by atoms with Crippen molar-refractivity contribution in [3.63, 3.8) is 0 Å². The van der Waals surface area contributed by atoms with E-state index in [4.69, 9.17) is 5.26 Å². The predicted octanol–water partition coefficient (Wildman–Crippen LogP) is 2.83. The maximum atomic E-state index is 8.09. The van der Waals surface area contributed by atoms with Gasteiger partial charge in [0.1, 0.15) is 0 Å². The lowest BCUT2D eigenvalue weighted by atomic mass is 10.2. The SMILES string of the molecule is C=C(C)C(=C)C#N.C=CC. The zero-order valence-electron chi connectivity index (χ0n) is 6.65. The molecule has 0 aliphatic heterocycles. The van der Waals surface area contributed by atoms with Crippen LogP contribution in [0.3, 0.4) is 0 Å². The fourth-order valence-corrected chi connectivity index (χ4v) is 0.0954. The summed E-state index contributed by atoms with van der Waals surface area (Å²) in [5.41, 5.74) is 1.20. The standard InChI is InChI=1S/C6H7N.C3H6/c1-5(2)6(3)4-7;1-3-2/h1,3H2,2H3;3H,1H2,2H3. The van der Waals surface area contributed by atoms with Crippen LogP contribution < -0.4 is 0 Å². The largest absolute Gasteiger partial charge is 0.192 e. The molecule has 0 amide bonds. The Bertz CT molecular complexity index is 170. The Morgan fingerprint density at radius 3 is 1.80 bits per heavy atom. The van der Waals surface area contributed by atoms with Crippen molar-refractivity contribution in [3.05, 3.63) is 37.0 Å². The van der Waals surface area contributed by atoms with E-state index in [1.807, 2.05) is 13.0 Å². The molecule has 0 atom stereocenters. The highest BCUT2D eigenvalue weighted by atomic mass is 14.2. The molecule has 0 unspecified atom stereocenters. The fourth-order valence-electron chi connectivity index (χ4n) is 0.0954. The summed E-state index contributed by atoms with van der Waals surface area (Å²) < 4.78 is 0. The van der Waals surface area contributed by atoms with Crippen LogP contribution >= 0.6 is 0 Å². The minimum atomic E-state index is 0.458. The Balaban J connectivity index is 0. The summed E-state index contributed by atoms with van der Waals surface area (Å²) >= 11 is 0. The average molecular weight is 135 g/mol. The van der Waals surface area contributed by atoms with E-state index >= 15 is 0 Å². The van der Waals surface area contributed by atoms with Crippen molar-refractivity contribution in [2.75, 3.05) is 0 Å². The van der Waals surface area contributed by atoms with Crippen LogP contribution in [0.15, 0.2) is 37.0 Å². The molecule has 54 valence electrons. The Morgan fingerprint density at radius 1 is 1.50 bits per heavy atom. The molecule has 0 saturated heterocycles. The first-order chi connectivity index (χ1) is 4.59. The first-order valence-electron chi connectivity index (χ1n) is 2.92. The molecule has 0 aromatic heterocycles. The van der Waals surface area contributed by atoms with Crippen molar-refractivity contribution in [1.82, 2.24) is 0 Å². The molecule has 10 heavy (non-hydrogen) atoms. The fraction of sp³-hybridized carbons (Fsp3) is 0.222. The van der Waals surface area contributed by atoms with Crippen LogP contribution in [0, 0.1) is 11.3 Å². The van der Waals surface area contributed by atoms with Crippen LogP contribution in [-0.2, 0) is 0 Å². The monoisotopic (exact) mass is 135 g/mol. The molecule has 0 aliphatic rings. The molecule has 0 N–H and O–H groups in total. The molecule has 0 heterocycles. The predicted molar refractivity (Wildman–Crippen MR) is 45.4 cm³/mol. The van der Waals surface area contributed by atoms with Gasteiger partial charge in [0.25, 0.3) is 0 Å². The van der Waals surface area contributed by atoms with Gasteiger partial charge in [-0.2, -0.15) is 5.26 Å². The summed E-state index contributed by atoms with van der Waals surface area (Å²) in [6.07, 6.45) is 1.75. The second kappa shape index (κ2) is 7.71. The van der Waals surface area contributed by atoms with E-state index in [2.05, 4.69) is 19.7 Å². The van der Waals surface area contributed by atoms with E-state index in [0.717, 1.165) is 5.57 Å². The van der Waals surface area contributed by atoms with Crippen LogP contribution in [0.1, 0.15) is 13.8 Å². The molecule has 0 radical (unpaired) electrons. The Morgan fingerprint density at radius 2 is 1.80 bits per heavy atom. The molecule has 0 fully saturated rings. The lowest BCUT2D eigenvalue weighted by Crippen LogP contribution is -1.71. The highest BCUT2D eigenvalue weighted by molar-refractivity contribution is 5.35. The average Bonchev–Trinajstić information content (AvgIpc) is 1.88. The Labute approximate surface area is 63.0 Å². The number of allylic oxidation sites excluding steroid dienone is 3. The van der Waals surface area contributed by atoms with E-state index in [-0.39, 0.29) is 0 Å². The lowest BCUT2D eigenvalue weighted by molar-refractivity contribution is 1.43. The normalized spacial score (nSPS) is 6.10.